The minimum atomic E-state index is -5.50. The van der Waals surface area contributed by atoms with E-state index in [4.69, 9.17) is 9.29 Å². The van der Waals surface area contributed by atoms with Crippen molar-refractivity contribution >= 4 is 15.7 Å². The lowest BCUT2D eigenvalue weighted by atomic mass is 10.1. The van der Waals surface area contributed by atoms with Crippen LogP contribution in [0, 0.1) is 23.3 Å². The molecular weight excluding hydrogens is 376 g/mol. The molecule has 1 atom stereocenters. The summed E-state index contributed by atoms with van der Waals surface area (Å²) in [7, 11) is -5.50. The van der Waals surface area contributed by atoms with Crippen LogP contribution >= 0.6 is 0 Å². The summed E-state index contributed by atoms with van der Waals surface area (Å²) in [4.78, 5) is -2.09. The van der Waals surface area contributed by atoms with Crippen LogP contribution in [0.4, 0.5) is 17.6 Å². The van der Waals surface area contributed by atoms with Crippen molar-refractivity contribution in [1.29, 1.82) is 0 Å². The van der Waals surface area contributed by atoms with E-state index in [9.17, 15) is 26.0 Å². The fraction of sp³-hybridized carbons (Fsp3) is 0.176. The molecule has 4 nitrogen and oxygen atoms in total. The molecule has 0 aromatic heterocycles. The Morgan fingerprint density at radius 3 is 1.88 bits per heavy atom. The number of allylic oxidation sites excluding steroid dienone is 1. The van der Waals surface area contributed by atoms with Gasteiger partial charge in [0.05, 0.1) is 5.56 Å². The molecule has 2 aromatic rings. The third kappa shape index (κ3) is 3.73. The number of rotatable bonds is 5. The van der Waals surface area contributed by atoms with Gasteiger partial charge < -0.3 is 4.74 Å². The Hall–Kier alpha value is -2.39. The quantitative estimate of drug-likeness (QED) is 0.458. The summed E-state index contributed by atoms with van der Waals surface area (Å²) in [5.41, 5.74) is 0.417. The summed E-state index contributed by atoms with van der Waals surface area (Å²) in [5.74, 6) is -8.24. The van der Waals surface area contributed by atoms with Gasteiger partial charge in [-0.05, 0) is 31.5 Å². The van der Waals surface area contributed by atoms with Crippen molar-refractivity contribution in [1.82, 2.24) is 0 Å². The maximum atomic E-state index is 14.1. The lowest BCUT2D eigenvalue weighted by Gasteiger charge is -2.18. The van der Waals surface area contributed by atoms with E-state index in [2.05, 4.69) is 6.58 Å². The van der Waals surface area contributed by atoms with Crippen LogP contribution in [0.5, 0.6) is 5.75 Å². The molecule has 0 heterocycles. The summed E-state index contributed by atoms with van der Waals surface area (Å²) in [5, 5.41) is 0. The third-order valence-corrected chi connectivity index (χ3v) is 4.46. The fourth-order valence-electron chi connectivity index (χ4n) is 2.29. The van der Waals surface area contributed by atoms with Crippen molar-refractivity contribution in [2.24, 2.45) is 0 Å². The summed E-state index contributed by atoms with van der Waals surface area (Å²) in [6.45, 7) is 6.64. The van der Waals surface area contributed by atoms with Gasteiger partial charge in [-0.25, -0.2) is 17.6 Å². The van der Waals surface area contributed by atoms with Crippen molar-refractivity contribution in [3.05, 3.63) is 65.2 Å². The summed E-state index contributed by atoms with van der Waals surface area (Å²) in [6, 6.07) is 6.19. The Bertz CT molecular complexity index is 940. The molecule has 0 aliphatic heterocycles. The Morgan fingerprint density at radius 2 is 1.50 bits per heavy atom. The molecule has 0 saturated carbocycles. The largest absolute Gasteiger partial charge is 0.486 e. The molecule has 26 heavy (non-hydrogen) atoms. The number of ether oxygens (including phenoxy) is 1. The molecule has 0 bridgehead atoms. The minimum absolute atomic E-state index is 0.154. The number of halogens is 4. The summed E-state index contributed by atoms with van der Waals surface area (Å²) in [6.07, 6.45) is -1.50. The number of hydrogen-bond donors (Lipinski definition) is 1. The van der Waals surface area contributed by atoms with Gasteiger partial charge in [0.1, 0.15) is 11.9 Å². The first-order chi connectivity index (χ1) is 11.9. The van der Waals surface area contributed by atoms with Crippen LogP contribution in [-0.4, -0.2) is 13.0 Å². The van der Waals surface area contributed by atoms with Crippen molar-refractivity contribution in [3.8, 4) is 5.75 Å². The highest BCUT2D eigenvalue weighted by Gasteiger charge is 2.34. The highest BCUT2D eigenvalue weighted by atomic mass is 32.2. The zero-order valence-electron chi connectivity index (χ0n) is 13.7. The minimum Gasteiger partial charge on any atom is -0.486 e. The van der Waals surface area contributed by atoms with E-state index in [-0.39, 0.29) is 5.75 Å². The maximum Gasteiger partial charge on any atom is 0.300 e. The van der Waals surface area contributed by atoms with Crippen LogP contribution in [-0.2, 0) is 10.1 Å². The zero-order valence-corrected chi connectivity index (χ0v) is 14.5. The molecule has 0 amide bonds. The zero-order chi connectivity index (χ0) is 19.8. The topological polar surface area (TPSA) is 63.6 Å². The molecule has 2 aromatic carbocycles. The van der Waals surface area contributed by atoms with Crippen molar-refractivity contribution in [2.75, 3.05) is 0 Å². The van der Waals surface area contributed by atoms with Crippen LogP contribution in [0.25, 0.3) is 5.57 Å². The van der Waals surface area contributed by atoms with Crippen molar-refractivity contribution in [3.63, 3.8) is 0 Å². The first kappa shape index (κ1) is 19.9. The second-order valence-corrected chi connectivity index (χ2v) is 6.90. The van der Waals surface area contributed by atoms with Gasteiger partial charge in [-0.3, -0.25) is 4.55 Å². The van der Waals surface area contributed by atoms with E-state index < -0.39 is 49.9 Å². The van der Waals surface area contributed by atoms with E-state index >= 15 is 0 Å². The van der Waals surface area contributed by atoms with E-state index in [1.54, 1.807) is 19.1 Å². The van der Waals surface area contributed by atoms with Crippen LogP contribution in [0.3, 0.4) is 0 Å². The SMILES string of the molecule is C=C(C)c1ccc(OC(C)c2c(F)c(F)c(S(=O)(=O)O)c(F)c2F)cc1. The van der Waals surface area contributed by atoms with E-state index in [0.717, 1.165) is 18.1 Å². The summed E-state index contributed by atoms with van der Waals surface area (Å²) < 4.78 is 91.8. The Balaban J connectivity index is 2.46. The lowest BCUT2D eigenvalue weighted by Crippen LogP contribution is -2.16. The predicted molar refractivity (Wildman–Crippen MR) is 86.3 cm³/mol. The second kappa shape index (κ2) is 7.08. The maximum absolute atomic E-state index is 14.1. The smallest absolute Gasteiger partial charge is 0.300 e. The third-order valence-electron chi connectivity index (χ3n) is 3.58. The van der Waals surface area contributed by atoms with E-state index in [1.807, 2.05) is 0 Å². The van der Waals surface area contributed by atoms with E-state index in [0.29, 0.717) is 0 Å². The van der Waals surface area contributed by atoms with E-state index in [1.165, 1.54) is 12.1 Å². The molecule has 0 aliphatic rings. The molecule has 140 valence electrons. The standard InChI is InChI=1S/C17H14F4O4S/c1-8(2)10-4-6-11(7-5-10)25-9(3)12-13(18)15(20)17(26(22,23)24)16(21)14(12)19/h4-7,9H,1H2,2-3H3,(H,22,23,24). The predicted octanol–water partition coefficient (Wildman–Crippen LogP) is 4.66. The van der Waals surface area contributed by atoms with Gasteiger partial charge in [0.25, 0.3) is 0 Å². The number of benzene rings is 2. The van der Waals surface area contributed by atoms with Gasteiger partial charge >= 0.3 is 10.1 Å². The number of hydrogen-bond acceptors (Lipinski definition) is 3. The fourth-order valence-corrected chi connectivity index (χ4v) is 2.93. The lowest BCUT2D eigenvalue weighted by molar-refractivity contribution is 0.209. The van der Waals surface area contributed by atoms with Crippen molar-refractivity contribution < 1.29 is 35.3 Å². The first-order valence-electron chi connectivity index (χ1n) is 7.21. The molecule has 0 fully saturated rings. The second-order valence-electron chi connectivity index (χ2n) is 5.54. The Kier molecular flexibility index (Phi) is 5.43. The van der Waals surface area contributed by atoms with Gasteiger partial charge in [-0.2, -0.15) is 8.42 Å². The van der Waals surface area contributed by atoms with Crippen LogP contribution in [0.1, 0.15) is 31.1 Å². The molecule has 1 N–H and O–H groups in total. The van der Waals surface area contributed by atoms with Gasteiger partial charge in [-0.1, -0.05) is 24.3 Å². The van der Waals surface area contributed by atoms with Crippen LogP contribution in [0.15, 0.2) is 35.7 Å². The van der Waals surface area contributed by atoms with Crippen LogP contribution < -0.4 is 4.74 Å². The molecule has 1 unspecified atom stereocenters. The molecule has 0 saturated heterocycles. The summed E-state index contributed by atoms with van der Waals surface area (Å²) >= 11 is 0. The Morgan fingerprint density at radius 1 is 1.04 bits per heavy atom. The highest BCUT2D eigenvalue weighted by Crippen LogP contribution is 2.33. The molecular formula is C17H14F4O4S. The average Bonchev–Trinajstić information content (AvgIpc) is 2.52. The Labute approximate surface area is 147 Å². The molecule has 2 rings (SSSR count). The van der Waals surface area contributed by atoms with Gasteiger partial charge in [0, 0.05) is 0 Å². The molecule has 9 heteroatoms. The molecule has 0 radical (unpaired) electrons. The van der Waals surface area contributed by atoms with Gasteiger partial charge in [0.2, 0.25) is 0 Å². The normalized spacial score (nSPS) is 12.7. The monoisotopic (exact) mass is 390 g/mol. The molecule has 0 spiro atoms. The van der Waals surface area contributed by atoms with Crippen LogP contribution in [0.2, 0.25) is 0 Å². The average molecular weight is 390 g/mol. The van der Waals surface area contributed by atoms with Gasteiger partial charge in [-0.15, -0.1) is 0 Å². The highest BCUT2D eigenvalue weighted by molar-refractivity contribution is 7.85. The molecule has 0 aliphatic carbocycles. The van der Waals surface area contributed by atoms with Crippen molar-refractivity contribution in [2.45, 2.75) is 24.8 Å². The first-order valence-corrected chi connectivity index (χ1v) is 8.65. The van der Waals surface area contributed by atoms with Gasteiger partial charge in [0.15, 0.2) is 28.2 Å².